The highest BCUT2D eigenvalue weighted by atomic mass is 19.1. The Kier molecular flexibility index (Phi) is 3.43. The average Bonchev–Trinajstić information content (AvgIpc) is 2.18. The summed E-state index contributed by atoms with van der Waals surface area (Å²) in [5, 5.41) is 8.42. The molecular formula is C10H11FN2O. The van der Waals surface area contributed by atoms with E-state index in [1.807, 2.05) is 6.07 Å². The molecule has 1 aromatic carbocycles. The van der Waals surface area contributed by atoms with Crippen molar-refractivity contribution in [3.8, 4) is 11.8 Å². The second-order valence-electron chi connectivity index (χ2n) is 2.86. The van der Waals surface area contributed by atoms with Crippen LogP contribution < -0.4 is 10.5 Å². The van der Waals surface area contributed by atoms with Gasteiger partial charge in [0, 0.05) is 6.04 Å². The average molecular weight is 194 g/mol. The van der Waals surface area contributed by atoms with Gasteiger partial charge in [0.15, 0.2) is 11.6 Å². The van der Waals surface area contributed by atoms with E-state index < -0.39 is 11.9 Å². The fraction of sp³-hybridized carbons (Fsp3) is 0.300. The molecule has 1 rings (SSSR count). The normalized spacial score (nSPS) is 11.9. The fourth-order valence-corrected chi connectivity index (χ4v) is 1.13. The van der Waals surface area contributed by atoms with Gasteiger partial charge in [-0.3, -0.25) is 0 Å². The predicted molar refractivity (Wildman–Crippen MR) is 50.1 cm³/mol. The highest BCUT2D eigenvalue weighted by Gasteiger charge is 2.09. The smallest absolute Gasteiger partial charge is 0.165 e. The van der Waals surface area contributed by atoms with E-state index in [2.05, 4.69) is 0 Å². The molecule has 14 heavy (non-hydrogen) atoms. The van der Waals surface area contributed by atoms with Crippen LogP contribution in [0.2, 0.25) is 0 Å². The third-order valence-electron chi connectivity index (χ3n) is 1.92. The van der Waals surface area contributed by atoms with Crippen LogP contribution in [0.1, 0.15) is 18.0 Å². The first-order valence-corrected chi connectivity index (χ1v) is 4.15. The molecule has 3 nitrogen and oxygen atoms in total. The molecule has 0 bridgehead atoms. The number of hydrogen-bond acceptors (Lipinski definition) is 3. The van der Waals surface area contributed by atoms with E-state index >= 15 is 0 Å². The van der Waals surface area contributed by atoms with Crippen LogP contribution in [0.3, 0.4) is 0 Å². The number of nitriles is 1. The van der Waals surface area contributed by atoms with Crippen molar-refractivity contribution in [1.82, 2.24) is 0 Å². The Morgan fingerprint density at radius 3 is 2.86 bits per heavy atom. The van der Waals surface area contributed by atoms with Gasteiger partial charge in [0.25, 0.3) is 0 Å². The number of ether oxygens (including phenoxy) is 1. The molecule has 1 atom stereocenters. The molecule has 2 N–H and O–H groups in total. The highest BCUT2D eigenvalue weighted by Crippen LogP contribution is 2.21. The maximum Gasteiger partial charge on any atom is 0.165 e. The van der Waals surface area contributed by atoms with Gasteiger partial charge >= 0.3 is 0 Å². The van der Waals surface area contributed by atoms with Crippen molar-refractivity contribution in [2.45, 2.75) is 12.5 Å². The molecule has 0 radical (unpaired) electrons. The largest absolute Gasteiger partial charge is 0.494 e. The second kappa shape index (κ2) is 4.58. The molecule has 0 aromatic heterocycles. The number of hydrogen-bond donors (Lipinski definition) is 1. The molecule has 0 aliphatic rings. The van der Waals surface area contributed by atoms with Gasteiger partial charge in [0.2, 0.25) is 0 Å². The summed E-state index contributed by atoms with van der Waals surface area (Å²) in [5.41, 5.74) is 6.24. The Balaban J connectivity index is 2.92. The summed E-state index contributed by atoms with van der Waals surface area (Å²) in [5.74, 6) is -0.281. The molecule has 1 aromatic rings. The van der Waals surface area contributed by atoms with Gasteiger partial charge in [-0.05, 0) is 17.7 Å². The minimum atomic E-state index is -0.460. The van der Waals surface area contributed by atoms with Crippen molar-refractivity contribution in [1.29, 1.82) is 5.26 Å². The minimum absolute atomic E-state index is 0.172. The Hall–Kier alpha value is -1.60. The second-order valence-corrected chi connectivity index (χ2v) is 2.86. The van der Waals surface area contributed by atoms with E-state index in [9.17, 15) is 4.39 Å². The van der Waals surface area contributed by atoms with Gasteiger partial charge in [0.05, 0.1) is 19.6 Å². The number of nitrogens with zero attached hydrogens (tertiary/aromatic N) is 1. The van der Waals surface area contributed by atoms with Crippen LogP contribution >= 0.6 is 0 Å². The van der Waals surface area contributed by atoms with Crippen LogP contribution in [-0.4, -0.2) is 7.11 Å². The van der Waals surface area contributed by atoms with Crippen molar-refractivity contribution in [2.75, 3.05) is 7.11 Å². The zero-order chi connectivity index (χ0) is 10.6. The molecule has 74 valence electrons. The number of benzene rings is 1. The summed E-state index contributed by atoms with van der Waals surface area (Å²) in [6.45, 7) is 0. The van der Waals surface area contributed by atoms with E-state index in [-0.39, 0.29) is 12.2 Å². The van der Waals surface area contributed by atoms with Crippen molar-refractivity contribution >= 4 is 0 Å². The topological polar surface area (TPSA) is 59.0 Å². The zero-order valence-corrected chi connectivity index (χ0v) is 7.83. The third kappa shape index (κ3) is 2.21. The summed E-state index contributed by atoms with van der Waals surface area (Å²) < 4.78 is 17.9. The Labute approximate surface area is 81.9 Å². The van der Waals surface area contributed by atoms with Crippen LogP contribution in [0.15, 0.2) is 18.2 Å². The summed E-state index contributed by atoms with van der Waals surface area (Å²) in [7, 11) is 1.40. The summed E-state index contributed by atoms with van der Waals surface area (Å²) >= 11 is 0. The summed E-state index contributed by atoms with van der Waals surface area (Å²) in [4.78, 5) is 0. The predicted octanol–water partition coefficient (Wildman–Crippen LogP) is 1.75. The SMILES string of the molecule is COc1ccc([C@@H](N)CC#N)cc1F. The van der Waals surface area contributed by atoms with Crippen molar-refractivity contribution in [2.24, 2.45) is 5.73 Å². The van der Waals surface area contributed by atoms with Crippen molar-refractivity contribution < 1.29 is 9.13 Å². The van der Waals surface area contributed by atoms with Crippen LogP contribution in [0, 0.1) is 17.1 Å². The lowest BCUT2D eigenvalue weighted by atomic mass is 10.1. The van der Waals surface area contributed by atoms with Crippen LogP contribution in [0.5, 0.6) is 5.75 Å². The van der Waals surface area contributed by atoms with Crippen molar-refractivity contribution in [3.05, 3.63) is 29.6 Å². The minimum Gasteiger partial charge on any atom is -0.494 e. The van der Waals surface area contributed by atoms with E-state index in [4.69, 9.17) is 15.7 Å². The van der Waals surface area contributed by atoms with E-state index in [1.54, 1.807) is 6.07 Å². The Morgan fingerprint density at radius 2 is 2.36 bits per heavy atom. The van der Waals surface area contributed by atoms with Gasteiger partial charge in [-0.2, -0.15) is 5.26 Å². The zero-order valence-electron chi connectivity index (χ0n) is 7.83. The fourth-order valence-electron chi connectivity index (χ4n) is 1.13. The first-order chi connectivity index (χ1) is 6.69. The molecule has 0 fully saturated rings. The molecule has 4 heteroatoms. The molecule has 0 heterocycles. The maximum atomic E-state index is 13.2. The Bertz CT molecular complexity index is 360. The third-order valence-corrected chi connectivity index (χ3v) is 1.92. The molecule has 0 saturated carbocycles. The van der Waals surface area contributed by atoms with Gasteiger partial charge < -0.3 is 10.5 Å². The molecular weight excluding hydrogens is 183 g/mol. The van der Waals surface area contributed by atoms with Gasteiger partial charge in [0.1, 0.15) is 0 Å². The standard InChI is InChI=1S/C10H11FN2O/c1-14-10-3-2-7(6-8(10)11)9(13)4-5-12/h2-3,6,9H,4,13H2,1H3/t9-/m0/s1. The number of methoxy groups -OCH3 is 1. The van der Waals surface area contributed by atoms with E-state index in [1.165, 1.54) is 19.2 Å². The molecule has 0 amide bonds. The first-order valence-electron chi connectivity index (χ1n) is 4.15. The lowest BCUT2D eigenvalue weighted by Gasteiger charge is -2.09. The van der Waals surface area contributed by atoms with Gasteiger partial charge in [-0.15, -0.1) is 0 Å². The number of nitrogens with two attached hydrogens (primary N) is 1. The summed E-state index contributed by atoms with van der Waals surface area (Å²) in [6, 6.07) is 5.94. The van der Waals surface area contributed by atoms with E-state index in [0.717, 1.165) is 0 Å². The lowest BCUT2D eigenvalue weighted by molar-refractivity contribution is 0.386. The van der Waals surface area contributed by atoms with E-state index in [0.29, 0.717) is 5.56 Å². The van der Waals surface area contributed by atoms with Crippen LogP contribution in [-0.2, 0) is 0 Å². The van der Waals surface area contributed by atoms with Crippen molar-refractivity contribution in [3.63, 3.8) is 0 Å². The lowest BCUT2D eigenvalue weighted by Crippen LogP contribution is -2.09. The van der Waals surface area contributed by atoms with Crippen LogP contribution in [0.4, 0.5) is 4.39 Å². The molecule has 0 unspecified atom stereocenters. The van der Waals surface area contributed by atoms with Gasteiger partial charge in [-0.1, -0.05) is 6.07 Å². The molecule has 0 saturated heterocycles. The Morgan fingerprint density at radius 1 is 1.64 bits per heavy atom. The summed E-state index contributed by atoms with van der Waals surface area (Å²) in [6.07, 6.45) is 0.172. The highest BCUT2D eigenvalue weighted by molar-refractivity contribution is 5.31. The maximum absolute atomic E-state index is 13.2. The monoisotopic (exact) mass is 194 g/mol. The number of halogens is 1. The molecule has 0 aliphatic heterocycles. The quantitative estimate of drug-likeness (QED) is 0.797. The molecule has 0 aliphatic carbocycles. The number of rotatable bonds is 3. The first kappa shape index (κ1) is 10.5. The van der Waals surface area contributed by atoms with Gasteiger partial charge in [-0.25, -0.2) is 4.39 Å². The van der Waals surface area contributed by atoms with Crippen LogP contribution in [0.25, 0.3) is 0 Å². The molecule has 0 spiro atoms.